The van der Waals surface area contributed by atoms with Crippen LogP contribution in [-0.4, -0.2) is 11.7 Å². The summed E-state index contributed by atoms with van der Waals surface area (Å²) in [6.45, 7) is 6.43. The molecule has 1 heteroatoms. The van der Waals surface area contributed by atoms with Crippen molar-refractivity contribution in [3.8, 4) is 0 Å². The van der Waals surface area contributed by atoms with Crippen LogP contribution in [-0.2, 0) is 0 Å². The number of rotatable bonds is 6. The maximum Gasteiger partial charge on any atom is 0.0431 e. The highest BCUT2D eigenvalue weighted by atomic mass is 16.2. The molecular weight excluding hydrogens is 208 g/mol. The van der Waals surface area contributed by atoms with E-state index in [0.717, 1.165) is 19.3 Å². The Morgan fingerprint density at radius 2 is 1.88 bits per heavy atom. The van der Waals surface area contributed by atoms with Gasteiger partial charge in [-0.25, -0.2) is 0 Å². The molecule has 1 nitrogen and oxygen atoms in total. The Bertz CT molecular complexity index is 302. The third kappa shape index (κ3) is 8.70. The van der Waals surface area contributed by atoms with Crippen LogP contribution in [0.1, 0.15) is 50.7 Å². The third-order valence-corrected chi connectivity index (χ3v) is 2.38. The molecule has 0 spiro atoms. The minimum absolute atomic E-state index is 0.321. The third-order valence-electron chi connectivity index (χ3n) is 2.38. The van der Waals surface area contributed by atoms with Crippen molar-refractivity contribution in [3.63, 3.8) is 0 Å². The summed E-state index contributed by atoms with van der Waals surface area (Å²) in [4.78, 5) is 0. The molecule has 1 rings (SSSR count). The predicted octanol–water partition coefficient (Wildman–Crippen LogP) is 4.59. The molecule has 0 heterocycles. The number of aryl methyl sites for hydroxylation is 1. The van der Waals surface area contributed by atoms with Gasteiger partial charge in [-0.2, -0.15) is 0 Å². The first-order chi connectivity index (χ1) is 8.33. The van der Waals surface area contributed by atoms with Crippen molar-refractivity contribution >= 4 is 6.08 Å². The quantitative estimate of drug-likeness (QED) is 0.714. The minimum atomic E-state index is 0.321. The fraction of sp³-hybridized carbons (Fsp3) is 0.500. The number of aliphatic hydroxyl groups is 1. The topological polar surface area (TPSA) is 20.2 Å². The minimum Gasteiger partial charge on any atom is -0.396 e. The summed E-state index contributed by atoms with van der Waals surface area (Å²) in [7, 11) is 0. The molecule has 1 aromatic carbocycles. The van der Waals surface area contributed by atoms with Gasteiger partial charge in [-0.3, -0.25) is 0 Å². The van der Waals surface area contributed by atoms with Crippen LogP contribution in [0.4, 0.5) is 0 Å². The van der Waals surface area contributed by atoms with Gasteiger partial charge in [0.1, 0.15) is 0 Å². The molecule has 0 bridgehead atoms. The van der Waals surface area contributed by atoms with Crippen LogP contribution in [0, 0.1) is 6.92 Å². The molecule has 0 aliphatic carbocycles. The van der Waals surface area contributed by atoms with Crippen LogP contribution in [0.5, 0.6) is 0 Å². The van der Waals surface area contributed by atoms with E-state index in [-0.39, 0.29) is 0 Å². The molecule has 0 aromatic heterocycles. The number of aliphatic hydroxyl groups excluding tert-OH is 1. The van der Waals surface area contributed by atoms with Gasteiger partial charge >= 0.3 is 0 Å². The van der Waals surface area contributed by atoms with Crippen LogP contribution >= 0.6 is 0 Å². The zero-order chi connectivity index (χ0) is 12.9. The monoisotopic (exact) mass is 234 g/mol. The van der Waals surface area contributed by atoms with Gasteiger partial charge in [-0.05, 0) is 31.7 Å². The van der Waals surface area contributed by atoms with E-state index in [1.165, 1.54) is 17.5 Å². The standard InChI is InChI=1S/C14H20O.C2H6/c1-13-8-7-10-14(12-13)9-5-3-2-4-6-11-15;1-2/h5,7-10,12,15H,2-4,6,11H2,1H3;1-2H3/b9-5+;. The van der Waals surface area contributed by atoms with Crippen molar-refractivity contribution in [3.05, 3.63) is 41.5 Å². The lowest BCUT2D eigenvalue weighted by Gasteiger charge is -1.96. The molecule has 0 amide bonds. The number of allylic oxidation sites excluding steroid dienone is 1. The molecule has 0 aliphatic rings. The van der Waals surface area contributed by atoms with Crippen LogP contribution < -0.4 is 0 Å². The summed E-state index contributed by atoms with van der Waals surface area (Å²) >= 11 is 0. The van der Waals surface area contributed by atoms with Crippen molar-refractivity contribution in [2.24, 2.45) is 0 Å². The van der Waals surface area contributed by atoms with Crippen molar-refractivity contribution in [2.45, 2.75) is 46.5 Å². The highest BCUT2D eigenvalue weighted by molar-refractivity contribution is 5.49. The van der Waals surface area contributed by atoms with Crippen LogP contribution in [0.15, 0.2) is 30.3 Å². The Kier molecular flexibility index (Phi) is 10.7. The fourth-order valence-electron chi connectivity index (χ4n) is 1.54. The van der Waals surface area contributed by atoms with Gasteiger partial charge in [0.15, 0.2) is 0 Å². The van der Waals surface area contributed by atoms with Gasteiger partial charge in [-0.15, -0.1) is 0 Å². The van der Waals surface area contributed by atoms with Crippen LogP contribution in [0.25, 0.3) is 6.08 Å². The molecule has 17 heavy (non-hydrogen) atoms. The van der Waals surface area contributed by atoms with Crippen molar-refractivity contribution in [2.75, 3.05) is 6.61 Å². The first-order valence-electron chi connectivity index (χ1n) is 6.67. The molecule has 1 N–H and O–H groups in total. The average molecular weight is 234 g/mol. The lowest BCUT2D eigenvalue weighted by Crippen LogP contribution is -1.81. The summed E-state index contributed by atoms with van der Waals surface area (Å²) in [6.07, 6.45) is 8.71. The van der Waals surface area contributed by atoms with Gasteiger partial charge in [0.2, 0.25) is 0 Å². The highest BCUT2D eigenvalue weighted by Gasteiger charge is 1.88. The molecular formula is C16H26O. The van der Waals surface area contributed by atoms with E-state index in [4.69, 9.17) is 5.11 Å². The van der Waals surface area contributed by atoms with E-state index in [9.17, 15) is 0 Å². The second kappa shape index (κ2) is 11.4. The van der Waals surface area contributed by atoms with Crippen molar-refractivity contribution < 1.29 is 5.11 Å². The highest BCUT2D eigenvalue weighted by Crippen LogP contribution is 2.07. The summed E-state index contributed by atoms with van der Waals surface area (Å²) in [5, 5.41) is 8.61. The van der Waals surface area contributed by atoms with Crippen molar-refractivity contribution in [1.29, 1.82) is 0 Å². The second-order valence-corrected chi connectivity index (χ2v) is 3.89. The van der Waals surface area contributed by atoms with E-state index < -0.39 is 0 Å². The lowest BCUT2D eigenvalue weighted by molar-refractivity contribution is 0.283. The fourth-order valence-corrected chi connectivity index (χ4v) is 1.54. The summed E-state index contributed by atoms with van der Waals surface area (Å²) in [6, 6.07) is 8.50. The average Bonchev–Trinajstić information content (AvgIpc) is 2.36. The predicted molar refractivity (Wildman–Crippen MR) is 77.1 cm³/mol. The number of benzene rings is 1. The van der Waals surface area contributed by atoms with Gasteiger partial charge in [0.25, 0.3) is 0 Å². The molecule has 0 saturated carbocycles. The van der Waals surface area contributed by atoms with E-state index in [1.54, 1.807) is 0 Å². The van der Waals surface area contributed by atoms with E-state index in [1.807, 2.05) is 13.8 Å². The maximum atomic E-state index is 8.61. The van der Waals surface area contributed by atoms with Gasteiger partial charge in [0.05, 0.1) is 0 Å². The molecule has 0 atom stereocenters. The Hall–Kier alpha value is -1.08. The first-order valence-corrected chi connectivity index (χ1v) is 6.67. The maximum absolute atomic E-state index is 8.61. The van der Waals surface area contributed by atoms with Crippen LogP contribution in [0.2, 0.25) is 0 Å². The Morgan fingerprint density at radius 3 is 2.53 bits per heavy atom. The SMILES string of the molecule is CC.Cc1cccc(/C=C/CCCCCO)c1. The van der Waals surface area contributed by atoms with Crippen LogP contribution in [0.3, 0.4) is 0 Å². The van der Waals surface area contributed by atoms with Gasteiger partial charge < -0.3 is 5.11 Å². The Balaban J connectivity index is 0.00000121. The molecule has 96 valence electrons. The normalized spacial score (nSPS) is 10.1. The molecule has 0 fully saturated rings. The zero-order valence-corrected chi connectivity index (χ0v) is 11.4. The Morgan fingerprint density at radius 1 is 1.12 bits per heavy atom. The van der Waals surface area contributed by atoms with E-state index in [0.29, 0.717) is 6.61 Å². The largest absolute Gasteiger partial charge is 0.396 e. The molecule has 0 unspecified atom stereocenters. The first kappa shape index (κ1) is 15.9. The summed E-state index contributed by atoms with van der Waals surface area (Å²) < 4.78 is 0. The van der Waals surface area contributed by atoms with Gasteiger partial charge in [0, 0.05) is 6.61 Å². The Labute approximate surface area is 106 Å². The molecule has 1 aromatic rings. The number of unbranched alkanes of at least 4 members (excludes halogenated alkanes) is 3. The van der Waals surface area contributed by atoms with E-state index >= 15 is 0 Å². The van der Waals surface area contributed by atoms with Gasteiger partial charge in [-0.1, -0.05) is 62.2 Å². The number of hydrogen-bond acceptors (Lipinski definition) is 1. The molecule has 0 saturated heterocycles. The molecule has 0 radical (unpaired) electrons. The number of hydrogen-bond donors (Lipinski definition) is 1. The summed E-state index contributed by atoms with van der Waals surface area (Å²) in [5.41, 5.74) is 2.58. The second-order valence-electron chi connectivity index (χ2n) is 3.89. The van der Waals surface area contributed by atoms with Crippen molar-refractivity contribution in [1.82, 2.24) is 0 Å². The smallest absolute Gasteiger partial charge is 0.0431 e. The lowest BCUT2D eigenvalue weighted by atomic mass is 10.1. The molecule has 0 aliphatic heterocycles. The zero-order valence-electron chi connectivity index (χ0n) is 11.4. The van der Waals surface area contributed by atoms with E-state index in [2.05, 4.69) is 43.3 Å². The summed E-state index contributed by atoms with van der Waals surface area (Å²) in [5.74, 6) is 0.